The molecule has 1 atom stereocenters. The fourth-order valence-electron chi connectivity index (χ4n) is 2.51. The highest BCUT2D eigenvalue weighted by Crippen LogP contribution is 2.21. The van der Waals surface area contributed by atoms with Gasteiger partial charge in [-0.15, -0.1) is 0 Å². The molecule has 0 saturated carbocycles. The third kappa shape index (κ3) is 3.46. The van der Waals surface area contributed by atoms with E-state index < -0.39 is 0 Å². The van der Waals surface area contributed by atoms with Crippen LogP contribution in [0.5, 0.6) is 0 Å². The van der Waals surface area contributed by atoms with Crippen LogP contribution in [0.15, 0.2) is 18.2 Å². The van der Waals surface area contributed by atoms with Crippen LogP contribution in [-0.4, -0.2) is 61.0 Å². The van der Waals surface area contributed by atoms with Gasteiger partial charge in [0.2, 0.25) is 0 Å². The molecule has 1 fully saturated rings. The number of hydrogen-bond acceptors (Lipinski definition) is 5. The van der Waals surface area contributed by atoms with Crippen LogP contribution in [0.25, 0.3) is 0 Å². The molecular weight excluding hydrogens is 256 g/mol. The van der Waals surface area contributed by atoms with E-state index in [0.29, 0.717) is 6.04 Å². The highest BCUT2D eigenvalue weighted by molar-refractivity contribution is 5.55. The fourth-order valence-corrected chi connectivity index (χ4v) is 2.51. The minimum absolute atomic E-state index is 0.141. The Morgan fingerprint density at radius 3 is 2.80 bits per heavy atom. The number of piperazine rings is 1. The molecule has 1 aromatic carbocycles. The number of benzene rings is 1. The van der Waals surface area contributed by atoms with Gasteiger partial charge in [-0.1, -0.05) is 0 Å². The molecule has 0 radical (unpaired) electrons. The topological polar surface area (TPSA) is 61.7 Å². The van der Waals surface area contributed by atoms with Gasteiger partial charge in [0.25, 0.3) is 5.69 Å². The molecule has 0 amide bonds. The first-order chi connectivity index (χ1) is 9.47. The molecule has 1 aromatic rings. The summed E-state index contributed by atoms with van der Waals surface area (Å²) in [5.41, 5.74) is 2.02. The van der Waals surface area contributed by atoms with Crippen molar-refractivity contribution in [1.82, 2.24) is 9.80 Å². The summed E-state index contributed by atoms with van der Waals surface area (Å²) in [5, 5.41) is 14.1. The Balaban J connectivity index is 1.98. The molecule has 1 aliphatic heterocycles. The zero-order chi connectivity index (χ0) is 14.7. The molecule has 1 heterocycles. The molecule has 1 unspecified atom stereocenters. The van der Waals surface area contributed by atoms with Crippen LogP contribution < -0.4 is 5.32 Å². The Bertz CT molecular complexity index is 492. The molecule has 1 saturated heterocycles. The second kappa shape index (κ2) is 6.19. The standard InChI is InChI=1S/C14H22N4O2/c1-11-8-12(18(19)20)4-5-14(11)15-9-13-10-16(2)6-7-17(13)3/h4-5,8,13,15H,6-7,9-10H2,1-3H3. The number of hydrogen-bond donors (Lipinski definition) is 1. The maximum absolute atomic E-state index is 10.7. The van der Waals surface area contributed by atoms with Crippen LogP contribution in [0.2, 0.25) is 0 Å². The zero-order valence-corrected chi connectivity index (χ0v) is 12.3. The molecule has 2 rings (SSSR count). The maximum Gasteiger partial charge on any atom is 0.269 e. The molecular formula is C14H22N4O2. The van der Waals surface area contributed by atoms with E-state index in [0.717, 1.165) is 37.4 Å². The molecule has 0 spiro atoms. The number of nitro groups is 1. The number of non-ortho nitro benzene ring substituents is 1. The van der Waals surface area contributed by atoms with Gasteiger partial charge in [-0.25, -0.2) is 0 Å². The lowest BCUT2D eigenvalue weighted by molar-refractivity contribution is -0.384. The van der Waals surface area contributed by atoms with Crippen molar-refractivity contribution in [2.24, 2.45) is 0 Å². The summed E-state index contributed by atoms with van der Waals surface area (Å²) in [6.45, 7) is 5.95. The average Bonchev–Trinajstić information content (AvgIpc) is 2.40. The number of aryl methyl sites for hydroxylation is 1. The van der Waals surface area contributed by atoms with Crippen molar-refractivity contribution >= 4 is 11.4 Å². The summed E-state index contributed by atoms with van der Waals surface area (Å²) in [6.07, 6.45) is 0. The van der Waals surface area contributed by atoms with Crippen LogP contribution in [0, 0.1) is 17.0 Å². The van der Waals surface area contributed by atoms with E-state index in [4.69, 9.17) is 0 Å². The Hall–Kier alpha value is -1.66. The predicted molar refractivity (Wildman–Crippen MR) is 80.2 cm³/mol. The lowest BCUT2D eigenvalue weighted by atomic mass is 10.1. The third-order valence-corrected chi connectivity index (χ3v) is 3.93. The summed E-state index contributed by atoms with van der Waals surface area (Å²) in [5.74, 6) is 0. The van der Waals surface area contributed by atoms with Gasteiger partial charge in [-0.05, 0) is 32.6 Å². The summed E-state index contributed by atoms with van der Waals surface area (Å²) in [7, 11) is 4.28. The number of likely N-dealkylation sites (N-methyl/N-ethyl adjacent to an activating group) is 2. The Morgan fingerprint density at radius 1 is 1.40 bits per heavy atom. The Labute approximate surface area is 119 Å². The Kier molecular flexibility index (Phi) is 4.57. The van der Waals surface area contributed by atoms with Crippen LogP contribution in [0.1, 0.15) is 5.56 Å². The zero-order valence-electron chi connectivity index (χ0n) is 12.3. The van der Waals surface area contributed by atoms with Crippen molar-refractivity contribution in [3.8, 4) is 0 Å². The number of nitro benzene ring substituents is 1. The van der Waals surface area contributed by atoms with Crippen molar-refractivity contribution in [1.29, 1.82) is 0 Å². The van der Waals surface area contributed by atoms with Crippen LogP contribution >= 0.6 is 0 Å². The second-order valence-corrected chi connectivity index (χ2v) is 5.53. The maximum atomic E-state index is 10.7. The fraction of sp³-hybridized carbons (Fsp3) is 0.571. The van der Waals surface area contributed by atoms with Crippen molar-refractivity contribution in [2.45, 2.75) is 13.0 Å². The van der Waals surface area contributed by atoms with Gasteiger partial charge in [-0.2, -0.15) is 0 Å². The van der Waals surface area contributed by atoms with E-state index in [1.807, 2.05) is 6.92 Å². The van der Waals surface area contributed by atoms with E-state index in [-0.39, 0.29) is 10.6 Å². The molecule has 1 aliphatic rings. The quantitative estimate of drug-likeness (QED) is 0.669. The third-order valence-electron chi connectivity index (χ3n) is 3.93. The molecule has 0 aromatic heterocycles. The van der Waals surface area contributed by atoms with Crippen LogP contribution in [0.3, 0.4) is 0 Å². The molecule has 6 nitrogen and oxygen atoms in total. The first-order valence-electron chi connectivity index (χ1n) is 6.85. The van der Waals surface area contributed by atoms with E-state index >= 15 is 0 Å². The van der Waals surface area contributed by atoms with Crippen molar-refractivity contribution < 1.29 is 4.92 Å². The Morgan fingerprint density at radius 2 is 2.15 bits per heavy atom. The normalized spacial score (nSPS) is 20.9. The van der Waals surface area contributed by atoms with Gasteiger partial charge in [0.05, 0.1) is 4.92 Å². The van der Waals surface area contributed by atoms with Gasteiger partial charge in [-0.3, -0.25) is 15.0 Å². The van der Waals surface area contributed by atoms with E-state index in [2.05, 4.69) is 29.2 Å². The van der Waals surface area contributed by atoms with Gasteiger partial charge in [0.15, 0.2) is 0 Å². The molecule has 0 aliphatic carbocycles. The number of nitrogens with one attached hydrogen (secondary N) is 1. The summed E-state index contributed by atoms with van der Waals surface area (Å²) < 4.78 is 0. The average molecular weight is 278 g/mol. The van der Waals surface area contributed by atoms with E-state index in [1.165, 1.54) is 0 Å². The monoisotopic (exact) mass is 278 g/mol. The van der Waals surface area contributed by atoms with Gasteiger partial charge >= 0.3 is 0 Å². The van der Waals surface area contributed by atoms with Gasteiger partial charge < -0.3 is 10.2 Å². The first-order valence-corrected chi connectivity index (χ1v) is 6.85. The van der Waals surface area contributed by atoms with E-state index in [1.54, 1.807) is 18.2 Å². The SMILES string of the molecule is Cc1cc([N+](=O)[O-])ccc1NCC1CN(C)CCN1C. The summed E-state index contributed by atoms with van der Waals surface area (Å²) in [4.78, 5) is 15.0. The number of nitrogens with zero attached hydrogens (tertiary/aromatic N) is 3. The summed E-state index contributed by atoms with van der Waals surface area (Å²) >= 11 is 0. The first kappa shape index (κ1) is 14.7. The lowest BCUT2D eigenvalue weighted by Gasteiger charge is -2.38. The molecule has 1 N–H and O–H groups in total. The molecule has 0 bridgehead atoms. The minimum atomic E-state index is -0.360. The lowest BCUT2D eigenvalue weighted by Crippen LogP contribution is -2.52. The number of rotatable bonds is 4. The molecule has 110 valence electrons. The smallest absolute Gasteiger partial charge is 0.269 e. The highest BCUT2D eigenvalue weighted by atomic mass is 16.6. The highest BCUT2D eigenvalue weighted by Gasteiger charge is 2.21. The summed E-state index contributed by atoms with van der Waals surface area (Å²) in [6, 6.07) is 5.41. The van der Waals surface area contributed by atoms with Crippen molar-refractivity contribution in [3.05, 3.63) is 33.9 Å². The van der Waals surface area contributed by atoms with Gasteiger partial charge in [0, 0.05) is 50.0 Å². The van der Waals surface area contributed by atoms with Crippen molar-refractivity contribution in [2.75, 3.05) is 45.6 Å². The predicted octanol–water partition coefficient (Wildman–Crippen LogP) is 1.56. The second-order valence-electron chi connectivity index (χ2n) is 5.53. The molecule has 6 heteroatoms. The molecule has 20 heavy (non-hydrogen) atoms. The number of anilines is 1. The van der Waals surface area contributed by atoms with Crippen LogP contribution in [-0.2, 0) is 0 Å². The van der Waals surface area contributed by atoms with Crippen molar-refractivity contribution in [3.63, 3.8) is 0 Å². The van der Waals surface area contributed by atoms with Gasteiger partial charge in [0.1, 0.15) is 0 Å². The largest absolute Gasteiger partial charge is 0.383 e. The van der Waals surface area contributed by atoms with Crippen LogP contribution in [0.4, 0.5) is 11.4 Å². The minimum Gasteiger partial charge on any atom is -0.383 e. The van der Waals surface area contributed by atoms with E-state index in [9.17, 15) is 10.1 Å².